The van der Waals surface area contributed by atoms with E-state index in [1.165, 1.54) is 11.0 Å². The van der Waals surface area contributed by atoms with Crippen molar-refractivity contribution in [3.8, 4) is 11.5 Å². The number of hydrogen-bond acceptors (Lipinski definition) is 5. The van der Waals surface area contributed by atoms with Gasteiger partial charge in [-0.25, -0.2) is 0 Å². The Morgan fingerprint density at radius 3 is 2.53 bits per heavy atom. The third kappa shape index (κ3) is 4.71. The summed E-state index contributed by atoms with van der Waals surface area (Å²) >= 11 is 8.71. The predicted octanol–water partition coefficient (Wildman–Crippen LogP) is 4.47. The Bertz CT molecular complexity index is 1020. The van der Waals surface area contributed by atoms with E-state index in [2.05, 4.69) is 21.2 Å². The average Bonchev–Trinajstić information content (AvgIpc) is 2.68. The lowest BCUT2D eigenvalue weighted by molar-refractivity contribution is -0.122. The molecule has 1 fully saturated rings. The Kier molecular flexibility index (Phi) is 6.89. The Balaban J connectivity index is 2.03. The smallest absolute Gasteiger partial charge is 0.270 e. The molecule has 6 nitrogen and oxygen atoms in total. The van der Waals surface area contributed by atoms with E-state index in [0.717, 1.165) is 0 Å². The molecule has 0 aromatic heterocycles. The van der Waals surface area contributed by atoms with E-state index in [-0.39, 0.29) is 16.8 Å². The van der Waals surface area contributed by atoms with Crippen LogP contribution < -0.4 is 19.7 Å². The number of carbonyl (C=O) groups excluding carboxylic acids is 2. The summed E-state index contributed by atoms with van der Waals surface area (Å²) in [6.45, 7) is 6.15. The molecule has 0 atom stereocenters. The highest BCUT2D eigenvalue weighted by molar-refractivity contribution is 9.10. The van der Waals surface area contributed by atoms with Gasteiger partial charge in [-0.2, -0.15) is 0 Å². The zero-order chi connectivity index (χ0) is 21.8. The first-order chi connectivity index (χ1) is 14.3. The standard InChI is InChI=1S/C22H21BrN2O4S/c1-4-28-18-12-14(11-17(23)19(18)29-13(2)3)10-16-20(26)24-22(30)25(21(16)27)15-8-6-5-7-9-15/h5-13H,4H2,1-3H3,(H,24,26,30)/b16-10-. The quantitative estimate of drug-likeness (QED) is 0.369. The largest absolute Gasteiger partial charge is 0.490 e. The second kappa shape index (κ2) is 9.40. The summed E-state index contributed by atoms with van der Waals surface area (Å²) < 4.78 is 12.2. The zero-order valence-electron chi connectivity index (χ0n) is 16.8. The number of rotatable bonds is 6. The number of carbonyl (C=O) groups is 2. The lowest BCUT2D eigenvalue weighted by Gasteiger charge is -2.28. The van der Waals surface area contributed by atoms with Gasteiger partial charge in [-0.1, -0.05) is 18.2 Å². The molecule has 1 aliphatic rings. The molecule has 1 saturated heterocycles. The van der Waals surface area contributed by atoms with Crippen LogP contribution >= 0.6 is 28.1 Å². The second-order valence-corrected chi connectivity index (χ2v) is 7.96. The second-order valence-electron chi connectivity index (χ2n) is 6.72. The first-order valence-electron chi connectivity index (χ1n) is 9.41. The fourth-order valence-corrected chi connectivity index (χ4v) is 3.75. The van der Waals surface area contributed by atoms with Crippen LogP contribution in [0.5, 0.6) is 11.5 Å². The fourth-order valence-electron chi connectivity index (χ4n) is 2.92. The van der Waals surface area contributed by atoms with Crippen LogP contribution in [0.4, 0.5) is 5.69 Å². The van der Waals surface area contributed by atoms with Gasteiger partial charge in [0, 0.05) is 0 Å². The lowest BCUT2D eigenvalue weighted by atomic mass is 10.1. The molecule has 0 bridgehead atoms. The van der Waals surface area contributed by atoms with E-state index in [4.69, 9.17) is 21.7 Å². The predicted molar refractivity (Wildman–Crippen MR) is 124 cm³/mol. The van der Waals surface area contributed by atoms with Gasteiger partial charge in [0.2, 0.25) is 0 Å². The fraction of sp³-hybridized carbons (Fsp3) is 0.227. The van der Waals surface area contributed by atoms with E-state index in [1.54, 1.807) is 36.4 Å². The summed E-state index contributed by atoms with van der Waals surface area (Å²) in [5, 5.41) is 2.63. The highest BCUT2D eigenvalue weighted by Gasteiger charge is 2.34. The van der Waals surface area contributed by atoms with E-state index >= 15 is 0 Å². The maximum atomic E-state index is 13.1. The summed E-state index contributed by atoms with van der Waals surface area (Å²) in [6.07, 6.45) is 1.47. The maximum absolute atomic E-state index is 13.1. The van der Waals surface area contributed by atoms with Crippen LogP contribution in [0.3, 0.4) is 0 Å². The highest BCUT2D eigenvalue weighted by atomic mass is 79.9. The summed E-state index contributed by atoms with van der Waals surface area (Å²) in [4.78, 5) is 26.9. The van der Waals surface area contributed by atoms with Crippen LogP contribution in [0.25, 0.3) is 6.08 Å². The van der Waals surface area contributed by atoms with E-state index in [9.17, 15) is 9.59 Å². The Morgan fingerprint density at radius 2 is 1.90 bits per heavy atom. The average molecular weight is 489 g/mol. The van der Waals surface area contributed by atoms with Crippen molar-refractivity contribution >= 4 is 56.8 Å². The number of benzene rings is 2. The molecule has 1 heterocycles. The van der Waals surface area contributed by atoms with Crippen molar-refractivity contribution in [1.29, 1.82) is 0 Å². The number of anilines is 1. The topological polar surface area (TPSA) is 67.9 Å². The third-order valence-corrected chi connectivity index (χ3v) is 4.99. The third-order valence-electron chi connectivity index (χ3n) is 4.11. The molecule has 1 aliphatic heterocycles. The number of para-hydroxylation sites is 1. The SMILES string of the molecule is CCOc1cc(/C=C2/C(=O)NC(=S)N(c3ccccc3)C2=O)cc(Br)c1OC(C)C. The van der Waals surface area contributed by atoms with Crippen molar-refractivity contribution < 1.29 is 19.1 Å². The van der Waals surface area contributed by atoms with Gasteiger partial charge in [-0.3, -0.25) is 19.8 Å². The maximum Gasteiger partial charge on any atom is 0.270 e. The zero-order valence-corrected chi connectivity index (χ0v) is 19.2. The molecule has 2 aromatic carbocycles. The normalized spacial score (nSPS) is 15.6. The molecular formula is C22H21BrN2O4S. The van der Waals surface area contributed by atoms with Gasteiger partial charge in [0.1, 0.15) is 5.57 Å². The van der Waals surface area contributed by atoms with Crippen LogP contribution in [0, 0.1) is 0 Å². The number of ether oxygens (including phenoxy) is 2. The summed E-state index contributed by atoms with van der Waals surface area (Å²) in [5.41, 5.74) is 1.16. The van der Waals surface area contributed by atoms with Gasteiger partial charge >= 0.3 is 0 Å². The molecule has 0 aliphatic carbocycles. The Hall–Kier alpha value is -2.71. The van der Waals surface area contributed by atoms with Crippen LogP contribution in [0.2, 0.25) is 0 Å². The minimum Gasteiger partial charge on any atom is -0.490 e. The van der Waals surface area contributed by atoms with E-state index in [0.29, 0.717) is 33.8 Å². The molecule has 156 valence electrons. The minimum atomic E-state index is -0.547. The Morgan fingerprint density at radius 1 is 1.20 bits per heavy atom. The number of thiocarbonyl (C=S) groups is 1. The van der Waals surface area contributed by atoms with Gasteiger partial charge in [0.25, 0.3) is 11.8 Å². The number of halogens is 1. The van der Waals surface area contributed by atoms with Crippen LogP contribution in [-0.2, 0) is 9.59 Å². The summed E-state index contributed by atoms with van der Waals surface area (Å²) in [6, 6.07) is 12.4. The molecule has 0 unspecified atom stereocenters. The molecule has 30 heavy (non-hydrogen) atoms. The van der Waals surface area contributed by atoms with Gasteiger partial charge in [-0.15, -0.1) is 0 Å². The molecule has 0 radical (unpaired) electrons. The van der Waals surface area contributed by atoms with Crippen LogP contribution in [-0.4, -0.2) is 29.6 Å². The molecule has 1 N–H and O–H groups in total. The first-order valence-corrected chi connectivity index (χ1v) is 10.6. The number of hydrogen-bond donors (Lipinski definition) is 1. The van der Waals surface area contributed by atoms with Crippen molar-refractivity contribution in [3.63, 3.8) is 0 Å². The van der Waals surface area contributed by atoms with Gasteiger partial charge in [0.05, 0.1) is 22.9 Å². The lowest BCUT2D eigenvalue weighted by Crippen LogP contribution is -2.54. The molecule has 0 saturated carbocycles. The van der Waals surface area contributed by atoms with Crippen molar-refractivity contribution in [1.82, 2.24) is 5.32 Å². The van der Waals surface area contributed by atoms with Crippen LogP contribution in [0.1, 0.15) is 26.3 Å². The number of nitrogens with zero attached hydrogens (tertiary/aromatic N) is 1. The van der Waals surface area contributed by atoms with Gasteiger partial charge in [-0.05, 0) is 84.8 Å². The molecule has 2 aromatic rings. The molecular weight excluding hydrogens is 468 g/mol. The van der Waals surface area contributed by atoms with Gasteiger partial charge < -0.3 is 9.47 Å². The van der Waals surface area contributed by atoms with Crippen LogP contribution in [0.15, 0.2) is 52.5 Å². The minimum absolute atomic E-state index is 0.0284. The van der Waals surface area contributed by atoms with Crippen molar-refractivity contribution in [2.75, 3.05) is 11.5 Å². The Labute approximate surface area is 189 Å². The first kappa shape index (κ1) is 22.0. The van der Waals surface area contributed by atoms with Crippen molar-refractivity contribution in [2.24, 2.45) is 0 Å². The monoisotopic (exact) mass is 488 g/mol. The van der Waals surface area contributed by atoms with Gasteiger partial charge in [0.15, 0.2) is 16.6 Å². The molecule has 3 rings (SSSR count). The van der Waals surface area contributed by atoms with Crippen molar-refractivity contribution in [2.45, 2.75) is 26.9 Å². The molecule has 0 spiro atoms. The summed E-state index contributed by atoms with van der Waals surface area (Å²) in [7, 11) is 0. The highest BCUT2D eigenvalue weighted by Crippen LogP contribution is 2.38. The molecule has 2 amide bonds. The number of nitrogens with one attached hydrogen (secondary N) is 1. The van der Waals surface area contributed by atoms with E-state index < -0.39 is 11.8 Å². The molecule has 8 heteroatoms. The summed E-state index contributed by atoms with van der Waals surface area (Å²) in [5.74, 6) is 0.0485. The number of amides is 2. The van der Waals surface area contributed by atoms with Crippen molar-refractivity contribution in [3.05, 3.63) is 58.1 Å². The van der Waals surface area contributed by atoms with E-state index in [1.807, 2.05) is 26.8 Å².